The highest BCUT2D eigenvalue weighted by atomic mass is 16.6. The molecule has 1 atom stereocenters. The van der Waals surface area contributed by atoms with E-state index in [4.69, 9.17) is 18.9 Å². The smallest absolute Gasteiger partial charge is 0.346 e. The van der Waals surface area contributed by atoms with Crippen molar-refractivity contribution in [1.82, 2.24) is 0 Å². The number of ketones is 1. The predicted octanol–water partition coefficient (Wildman–Crippen LogP) is 3.57. The Balaban J connectivity index is 1.92. The highest BCUT2D eigenvalue weighted by molar-refractivity contribution is 6.15. The molecule has 3 rings (SSSR count). The quantitative estimate of drug-likeness (QED) is 0.544. The molecule has 1 aliphatic rings. The van der Waals surface area contributed by atoms with Gasteiger partial charge in [-0.25, -0.2) is 4.79 Å². The summed E-state index contributed by atoms with van der Waals surface area (Å²) in [6.07, 6.45) is 0.838. The first-order chi connectivity index (χ1) is 13.9. The van der Waals surface area contributed by atoms with Crippen molar-refractivity contribution in [2.45, 2.75) is 20.0 Å². The average Bonchev–Trinajstić information content (AvgIpc) is 3.05. The van der Waals surface area contributed by atoms with Gasteiger partial charge in [0.25, 0.3) is 0 Å². The lowest BCUT2D eigenvalue weighted by molar-refractivity contribution is -0.147. The highest BCUT2D eigenvalue weighted by Crippen LogP contribution is 2.40. The van der Waals surface area contributed by atoms with Gasteiger partial charge in [0, 0.05) is 17.2 Å². The fraction of sp³-hybridized carbons (Fsp3) is 0.273. The van der Waals surface area contributed by atoms with E-state index in [1.54, 1.807) is 64.5 Å². The van der Waals surface area contributed by atoms with Gasteiger partial charge in [-0.1, -0.05) is 0 Å². The van der Waals surface area contributed by atoms with Gasteiger partial charge in [0.1, 0.15) is 23.0 Å². The van der Waals surface area contributed by atoms with Crippen molar-refractivity contribution in [1.29, 1.82) is 0 Å². The molecular weight excluding hydrogens is 376 g/mol. The number of ether oxygens (including phenoxy) is 5. The summed E-state index contributed by atoms with van der Waals surface area (Å²) in [5.74, 6) is 1.48. The zero-order valence-corrected chi connectivity index (χ0v) is 16.9. The van der Waals surface area contributed by atoms with E-state index in [1.165, 1.54) is 7.11 Å². The summed E-state index contributed by atoms with van der Waals surface area (Å²) in [6.45, 7) is 3.36. The van der Waals surface area contributed by atoms with Crippen molar-refractivity contribution in [3.8, 4) is 23.0 Å². The number of hydrogen-bond acceptors (Lipinski definition) is 7. The molecule has 29 heavy (non-hydrogen) atoms. The Morgan fingerprint density at radius 1 is 1.07 bits per heavy atom. The lowest BCUT2D eigenvalue weighted by Crippen LogP contribution is -2.25. The molecule has 0 bridgehead atoms. The average molecular weight is 398 g/mol. The van der Waals surface area contributed by atoms with Crippen molar-refractivity contribution in [2.24, 2.45) is 0 Å². The van der Waals surface area contributed by atoms with Crippen LogP contribution in [0.25, 0.3) is 6.08 Å². The summed E-state index contributed by atoms with van der Waals surface area (Å²) in [7, 11) is 4.40. The van der Waals surface area contributed by atoms with E-state index in [1.807, 2.05) is 0 Å². The summed E-state index contributed by atoms with van der Waals surface area (Å²) in [4.78, 5) is 24.4. The zero-order chi connectivity index (χ0) is 21.1. The van der Waals surface area contributed by atoms with Gasteiger partial charge < -0.3 is 23.7 Å². The van der Waals surface area contributed by atoms with Gasteiger partial charge in [-0.05, 0) is 44.2 Å². The van der Waals surface area contributed by atoms with Crippen molar-refractivity contribution in [3.05, 3.63) is 52.8 Å². The number of benzene rings is 2. The minimum atomic E-state index is -0.785. The van der Waals surface area contributed by atoms with E-state index in [0.29, 0.717) is 39.7 Å². The van der Waals surface area contributed by atoms with Gasteiger partial charge in [-0.15, -0.1) is 0 Å². The van der Waals surface area contributed by atoms with Gasteiger partial charge in [0.2, 0.25) is 5.78 Å². The number of methoxy groups -OCH3 is 3. The second-order valence-electron chi connectivity index (χ2n) is 6.40. The number of hydrogen-bond donors (Lipinski definition) is 0. The Hall–Kier alpha value is -3.48. The molecule has 0 aliphatic carbocycles. The van der Waals surface area contributed by atoms with Crippen LogP contribution in [0.4, 0.5) is 0 Å². The van der Waals surface area contributed by atoms with Gasteiger partial charge in [0.05, 0.1) is 26.9 Å². The molecule has 1 heterocycles. The first kappa shape index (κ1) is 20.3. The summed E-state index contributed by atoms with van der Waals surface area (Å²) in [5, 5.41) is 0. The molecule has 2 aromatic carbocycles. The maximum absolute atomic E-state index is 12.8. The molecule has 0 aromatic heterocycles. The molecule has 7 heteroatoms. The van der Waals surface area contributed by atoms with Gasteiger partial charge in [0.15, 0.2) is 11.9 Å². The maximum Gasteiger partial charge on any atom is 0.346 e. The Kier molecular flexibility index (Phi) is 5.77. The van der Waals surface area contributed by atoms with Gasteiger partial charge in [-0.2, -0.15) is 0 Å². The van der Waals surface area contributed by atoms with E-state index in [0.717, 1.165) is 0 Å². The molecule has 7 nitrogen and oxygen atoms in total. The summed E-state index contributed by atoms with van der Waals surface area (Å²) >= 11 is 0. The molecule has 0 saturated carbocycles. The zero-order valence-electron chi connectivity index (χ0n) is 16.9. The van der Waals surface area contributed by atoms with Crippen molar-refractivity contribution < 1.29 is 33.3 Å². The molecular formula is C22H22O7. The van der Waals surface area contributed by atoms with Crippen LogP contribution < -0.4 is 18.9 Å². The molecule has 2 aromatic rings. The topological polar surface area (TPSA) is 80.3 Å². The van der Waals surface area contributed by atoms with Crippen LogP contribution in [0.2, 0.25) is 0 Å². The fourth-order valence-electron chi connectivity index (χ4n) is 2.98. The van der Waals surface area contributed by atoms with Crippen LogP contribution >= 0.6 is 0 Å². The normalized spacial score (nSPS) is 14.8. The second kappa shape index (κ2) is 8.26. The lowest BCUT2D eigenvalue weighted by atomic mass is 10.1. The molecule has 0 radical (unpaired) electrons. The monoisotopic (exact) mass is 398 g/mol. The largest absolute Gasteiger partial charge is 0.497 e. The molecule has 1 unspecified atom stereocenters. The van der Waals surface area contributed by atoms with Gasteiger partial charge >= 0.3 is 5.97 Å². The standard InChI is InChI=1S/C22H22O7/c1-12-17(28-13(2)22(24)27-5)9-8-16-20(23)19(29-21(12)16)10-14-6-7-15(25-3)11-18(14)26-4/h6-11,13H,1-5H3/b19-10-. The van der Waals surface area contributed by atoms with Crippen molar-refractivity contribution in [2.75, 3.05) is 21.3 Å². The fourth-order valence-corrected chi connectivity index (χ4v) is 2.98. The minimum Gasteiger partial charge on any atom is -0.497 e. The molecule has 0 fully saturated rings. The van der Waals surface area contributed by atoms with Crippen LogP contribution in [0.3, 0.4) is 0 Å². The summed E-state index contributed by atoms with van der Waals surface area (Å²) < 4.78 is 26.7. The minimum absolute atomic E-state index is 0.171. The maximum atomic E-state index is 12.8. The molecule has 0 spiro atoms. The first-order valence-corrected chi connectivity index (χ1v) is 8.94. The Morgan fingerprint density at radius 3 is 2.48 bits per heavy atom. The van der Waals surface area contributed by atoms with Crippen molar-refractivity contribution in [3.63, 3.8) is 0 Å². The molecule has 0 saturated heterocycles. The number of Topliss-reactive ketones (excluding diaryl/α,β-unsaturated/α-hetero) is 1. The number of allylic oxidation sites excluding steroid dienone is 1. The second-order valence-corrected chi connectivity index (χ2v) is 6.40. The predicted molar refractivity (Wildman–Crippen MR) is 106 cm³/mol. The van der Waals surface area contributed by atoms with Crippen LogP contribution in [0.1, 0.15) is 28.4 Å². The molecule has 0 amide bonds. The van der Waals surface area contributed by atoms with E-state index < -0.39 is 12.1 Å². The van der Waals surface area contributed by atoms with Crippen LogP contribution in [-0.4, -0.2) is 39.2 Å². The molecule has 0 N–H and O–H groups in total. The SMILES string of the molecule is COC(=O)C(C)Oc1ccc2c(c1C)O/C(=C\c1ccc(OC)cc1OC)C2=O. The van der Waals surface area contributed by atoms with E-state index >= 15 is 0 Å². The Morgan fingerprint density at radius 2 is 1.83 bits per heavy atom. The third kappa shape index (κ3) is 3.89. The number of esters is 1. The van der Waals surface area contributed by atoms with E-state index in [-0.39, 0.29) is 11.5 Å². The third-order valence-corrected chi connectivity index (χ3v) is 4.60. The summed E-state index contributed by atoms with van der Waals surface area (Å²) in [5.41, 5.74) is 1.73. The van der Waals surface area contributed by atoms with Gasteiger partial charge in [-0.3, -0.25) is 4.79 Å². The third-order valence-electron chi connectivity index (χ3n) is 4.60. The number of rotatable bonds is 6. The number of fused-ring (bicyclic) bond motifs is 1. The van der Waals surface area contributed by atoms with Crippen LogP contribution in [-0.2, 0) is 9.53 Å². The number of carbonyl (C=O) groups is 2. The van der Waals surface area contributed by atoms with E-state index in [9.17, 15) is 9.59 Å². The van der Waals surface area contributed by atoms with Crippen LogP contribution in [0, 0.1) is 6.92 Å². The van der Waals surface area contributed by atoms with E-state index in [2.05, 4.69) is 4.74 Å². The molecule has 152 valence electrons. The van der Waals surface area contributed by atoms with Crippen LogP contribution in [0.5, 0.6) is 23.0 Å². The Labute approximate surface area is 168 Å². The first-order valence-electron chi connectivity index (χ1n) is 8.94. The highest BCUT2D eigenvalue weighted by Gasteiger charge is 2.31. The Bertz CT molecular complexity index is 991. The van der Waals surface area contributed by atoms with Crippen molar-refractivity contribution >= 4 is 17.8 Å². The molecule has 1 aliphatic heterocycles. The van der Waals surface area contributed by atoms with Crippen LogP contribution in [0.15, 0.2) is 36.1 Å². The summed E-state index contributed by atoms with van der Waals surface area (Å²) in [6, 6.07) is 8.54. The number of carbonyl (C=O) groups excluding carboxylic acids is 2. The lowest BCUT2D eigenvalue weighted by Gasteiger charge is -2.15.